The van der Waals surface area contributed by atoms with Crippen LogP contribution in [0.2, 0.25) is 0 Å². The number of aliphatic hydroxyl groups excluding tert-OH is 2. The lowest BCUT2D eigenvalue weighted by molar-refractivity contribution is 0.102. The smallest absolute Gasteiger partial charge is 0.214 e. The van der Waals surface area contributed by atoms with Crippen LogP contribution in [0.4, 0.5) is 5.82 Å². The number of sulfonamides is 1. The van der Waals surface area contributed by atoms with Crippen LogP contribution in [0.25, 0.3) is 11.0 Å². The average Bonchev–Trinajstić information content (AvgIpc) is 3.42. The first kappa shape index (κ1) is 22.4. The van der Waals surface area contributed by atoms with Crippen LogP contribution in [0, 0.1) is 11.3 Å². The number of nitrogens with zero attached hydrogens (tertiary/aromatic N) is 4. The number of anilines is 1. The average molecular weight is 452 g/mol. The molecule has 4 rings (SSSR count). The third-order valence-electron chi connectivity index (χ3n) is 7.25. The van der Waals surface area contributed by atoms with Crippen LogP contribution < -0.4 is 4.90 Å². The van der Waals surface area contributed by atoms with E-state index in [1.165, 1.54) is 4.31 Å². The van der Waals surface area contributed by atoms with Gasteiger partial charge in [-0.1, -0.05) is 0 Å². The van der Waals surface area contributed by atoms with Crippen molar-refractivity contribution in [1.29, 1.82) is 0 Å². The normalized spacial score (nSPS) is 27.7. The van der Waals surface area contributed by atoms with Crippen LogP contribution in [0.5, 0.6) is 0 Å². The van der Waals surface area contributed by atoms with Gasteiger partial charge < -0.3 is 20.1 Å². The molecule has 10 heteroatoms. The van der Waals surface area contributed by atoms with Gasteiger partial charge in [0.25, 0.3) is 0 Å². The van der Waals surface area contributed by atoms with Crippen molar-refractivity contribution in [3.05, 3.63) is 18.6 Å². The van der Waals surface area contributed by atoms with Crippen molar-refractivity contribution >= 4 is 26.9 Å². The molecule has 1 atom stereocenters. The van der Waals surface area contributed by atoms with Crippen molar-refractivity contribution < 1.29 is 18.6 Å². The summed E-state index contributed by atoms with van der Waals surface area (Å²) in [6.07, 6.45) is 8.06. The molecule has 0 aromatic carbocycles. The molecule has 1 aliphatic heterocycles. The van der Waals surface area contributed by atoms with E-state index in [2.05, 4.69) is 26.9 Å². The summed E-state index contributed by atoms with van der Waals surface area (Å²) in [5.74, 6) is 1.22. The number of fused-ring (bicyclic) bond motifs is 1. The Bertz CT molecular complexity index is 989. The quantitative estimate of drug-likeness (QED) is 0.554. The van der Waals surface area contributed by atoms with Crippen molar-refractivity contribution in [1.82, 2.24) is 19.3 Å². The predicted molar refractivity (Wildman–Crippen MR) is 119 cm³/mol. The zero-order chi connectivity index (χ0) is 22.1. The summed E-state index contributed by atoms with van der Waals surface area (Å²) in [5, 5.41) is 20.0. The van der Waals surface area contributed by atoms with Gasteiger partial charge in [-0.15, -0.1) is 0 Å². The van der Waals surface area contributed by atoms with E-state index in [-0.39, 0.29) is 24.9 Å². The van der Waals surface area contributed by atoms with Gasteiger partial charge in [-0.3, -0.25) is 0 Å². The fraction of sp³-hybridized carbons (Fsp3) is 0.714. The number of aromatic nitrogens is 3. The van der Waals surface area contributed by atoms with Crippen LogP contribution in [0.1, 0.15) is 38.5 Å². The van der Waals surface area contributed by atoms with E-state index in [1.807, 2.05) is 12.3 Å². The molecule has 0 radical (unpaired) electrons. The Kier molecular flexibility index (Phi) is 6.52. The number of rotatable bonds is 8. The minimum atomic E-state index is -3.37. The van der Waals surface area contributed by atoms with E-state index < -0.39 is 15.4 Å². The third-order valence-corrected chi connectivity index (χ3v) is 9.24. The highest BCUT2D eigenvalue weighted by Gasteiger charge is 2.42. The lowest BCUT2D eigenvalue weighted by atomic mass is 9.85. The van der Waals surface area contributed by atoms with Crippen LogP contribution >= 0.6 is 0 Å². The maximum Gasteiger partial charge on any atom is 0.214 e. The number of nitrogens with one attached hydrogen (secondary N) is 1. The zero-order valence-electron chi connectivity index (χ0n) is 18.1. The number of aromatic amines is 1. The van der Waals surface area contributed by atoms with E-state index in [0.717, 1.165) is 42.5 Å². The summed E-state index contributed by atoms with van der Waals surface area (Å²) >= 11 is 0. The first-order valence-electron chi connectivity index (χ1n) is 11.1. The van der Waals surface area contributed by atoms with E-state index >= 15 is 0 Å². The minimum absolute atomic E-state index is 0.0344. The molecule has 0 unspecified atom stereocenters. The van der Waals surface area contributed by atoms with Gasteiger partial charge in [0.15, 0.2) is 0 Å². The van der Waals surface area contributed by atoms with Gasteiger partial charge >= 0.3 is 0 Å². The molecule has 1 aliphatic carbocycles. The highest BCUT2D eigenvalue weighted by molar-refractivity contribution is 7.89. The number of aliphatic hydroxyl groups is 2. The number of hydrogen-bond donors (Lipinski definition) is 3. The maximum absolute atomic E-state index is 13.0. The fourth-order valence-corrected chi connectivity index (χ4v) is 7.18. The molecule has 0 spiro atoms. The van der Waals surface area contributed by atoms with Crippen LogP contribution in [-0.2, 0) is 10.0 Å². The Hall–Kier alpha value is -1.75. The lowest BCUT2D eigenvalue weighted by Crippen LogP contribution is -2.40. The molecular formula is C21H33N5O4S. The minimum Gasteiger partial charge on any atom is -0.396 e. The lowest BCUT2D eigenvalue weighted by Gasteiger charge is -2.36. The second kappa shape index (κ2) is 9.01. The molecule has 1 saturated heterocycles. The highest BCUT2D eigenvalue weighted by Crippen LogP contribution is 2.37. The Morgan fingerprint density at radius 1 is 1.26 bits per heavy atom. The first-order chi connectivity index (χ1) is 14.9. The van der Waals surface area contributed by atoms with Gasteiger partial charge in [0.05, 0.1) is 17.7 Å². The molecule has 9 nitrogen and oxygen atoms in total. The molecule has 2 fully saturated rings. The fourth-order valence-electron chi connectivity index (χ4n) is 5.20. The van der Waals surface area contributed by atoms with Gasteiger partial charge in [-0.05, 0) is 50.5 Å². The molecule has 3 heterocycles. The maximum atomic E-state index is 13.0. The second-order valence-corrected chi connectivity index (χ2v) is 11.2. The molecule has 1 saturated carbocycles. The predicted octanol–water partition coefficient (Wildman–Crippen LogP) is 1.35. The van der Waals surface area contributed by atoms with Gasteiger partial charge in [0.1, 0.15) is 17.8 Å². The Morgan fingerprint density at radius 2 is 2.03 bits per heavy atom. The van der Waals surface area contributed by atoms with Gasteiger partial charge in [0.2, 0.25) is 10.0 Å². The van der Waals surface area contributed by atoms with Crippen molar-refractivity contribution in [3.8, 4) is 0 Å². The van der Waals surface area contributed by atoms with E-state index in [4.69, 9.17) is 0 Å². The summed E-state index contributed by atoms with van der Waals surface area (Å²) in [7, 11) is -1.32. The van der Waals surface area contributed by atoms with Crippen molar-refractivity contribution in [2.75, 3.05) is 44.0 Å². The second-order valence-electron chi connectivity index (χ2n) is 9.22. The molecule has 2 aromatic heterocycles. The topological polar surface area (TPSA) is 123 Å². The molecule has 0 amide bonds. The van der Waals surface area contributed by atoms with Gasteiger partial charge in [-0.25, -0.2) is 22.7 Å². The SMILES string of the molecule is CN(c1ncnc2[nH]ccc12)C1CCC(CS(=O)(=O)N2CC[C@](CO)(CCO)C2)CC1. The van der Waals surface area contributed by atoms with Crippen LogP contribution in [0.3, 0.4) is 0 Å². The standard InChI is InChI=1S/C21H33N5O4S/c1-25(20-18-6-9-22-19(18)23-15-24-20)17-4-2-16(3-5-17)12-31(29,30)26-10-7-21(13-26,14-28)8-11-27/h6,9,15-17,27-28H,2-5,7-8,10-14H2,1H3,(H,22,23,24)/t16?,17?,21-/m0/s1. The molecule has 2 aromatic rings. The molecule has 3 N–H and O–H groups in total. The van der Waals surface area contributed by atoms with Crippen molar-refractivity contribution in [3.63, 3.8) is 0 Å². The Labute approximate surface area is 183 Å². The van der Waals surface area contributed by atoms with E-state index in [9.17, 15) is 18.6 Å². The molecular weight excluding hydrogens is 418 g/mol. The largest absolute Gasteiger partial charge is 0.396 e. The van der Waals surface area contributed by atoms with Crippen LogP contribution in [0.15, 0.2) is 18.6 Å². The van der Waals surface area contributed by atoms with Crippen LogP contribution in [-0.4, -0.2) is 83.0 Å². The Morgan fingerprint density at radius 3 is 2.74 bits per heavy atom. The molecule has 31 heavy (non-hydrogen) atoms. The van der Waals surface area contributed by atoms with Crippen molar-refractivity contribution in [2.24, 2.45) is 11.3 Å². The molecule has 0 bridgehead atoms. The van der Waals surface area contributed by atoms with Gasteiger partial charge in [-0.2, -0.15) is 0 Å². The van der Waals surface area contributed by atoms with Crippen molar-refractivity contribution in [2.45, 2.75) is 44.6 Å². The molecule has 2 aliphatic rings. The monoisotopic (exact) mass is 451 g/mol. The summed E-state index contributed by atoms with van der Waals surface area (Å²) in [4.78, 5) is 14.0. The summed E-state index contributed by atoms with van der Waals surface area (Å²) in [6.45, 7) is 0.619. The Balaban J connectivity index is 1.34. The first-order valence-corrected chi connectivity index (χ1v) is 12.7. The summed E-state index contributed by atoms with van der Waals surface area (Å²) < 4.78 is 27.6. The van der Waals surface area contributed by atoms with E-state index in [1.54, 1.807) is 6.33 Å². The summed E-state index contributed by atoms with van der Waals surface area (Å²) in [5.41, 5.74) is 0.325. The number of hydrogen-bond acceptors (Lipinski definition) is 7. The zero-order valence-corrected chi connectivity index (χ0v) is 18.9. The third kappa shape index (κ3) is 4.57. The van der Waals surface area contributed by atoms with Gasteiger partial charge in [0, 0.05) is 44.4 Å². The molecule has 172 valence electrons. The highest BCUT2D eigenvalue weighted by atomic mass is 32.2. The summed E-state index contributed by atoms with van der Waals surface area (Å²) in [6, 6.07) is 2.31. The number of H-pyrrole nitrogens is 1. The van der Waals surface area contributed by atoms with E-state index in [0.29, 0.717) is 32.0 Å².